The summed E-state index contributed by atoms with van der Waals surface area (Å²) in [5.74, 6) is 0. The maximum atomic E-state index is 9.83. The first kappa shape index (κ1) is 14.7. The van der Waals surface area contributed by atoms with Crippen LogP contribution in [0.2, 0.25) is 0 Å². The molecule has 12 heavy (non-hydrogen) atoms. The molecule has 0 aromatic heterocycles. The van der Waals surface area contributed by atoms with Gasteiger partial charge in [0, 0.05) is 13.2 Å². The number of hydrogen-bond donors (Lipinski definition) is 1. The van der Waals surface area contributed by atoms with Crippen LogP contribution in [0, 0.1) is 0 Å². The number of rotatable bonds is 5. The second-order valence-electron chi connectivity index (χ2n) is 2.49. The first-order valence-corrected chi connectivity index (χ1v) is 3.69. The van der Waals surface area contributed by atoms with Crippen LogP contribution in [0.3, 0.4) is 0 Å². The van der Waals surface area contributed by atoms with Crippen molar-refractivity contribution in [3.63, 3.8) is 0 Å². The van der Waals surface area contributed by atoms with Gasteiger partial charge in [-0.3, -0.25) is 0 Å². The van der Waals surface area contributed by atoms with Gasteiger partial charge in [-0.15, -0.1) is 0 Å². The molecule has 0 aromatic rings. The fraction of sp³-hybridized carbons (Fsp3) is 0.857. The van der Waals surface area contributed by atoms with Crippen LogP contribution in [-0.4, -0.2) is 25.3 Å². The molecule has 0 fully saturated rings. The molecule has 4 nitrogen and oxygen atoms in total. The molecular weight excluding hydrogens is 169 g/mol. The Bertz CT molecular complexity index is 119. The molecule has 0 aliphatic rings. The van der Waals surface area contributed by atoms with Crippen molar-refractivity contribution in [2.24, 2.45) is 0 Å². The molecule has 0 aliphatic heterocycles. The van der Waals surface area contributed by atoms with Crippen molar-refractivity contribution >= 4 is 6.09 Å². The van der Waals surface area contributed by atoms with Crippen LogP contribution in [0.5, 0.6) is 0 Å². The number of carbonyl (C=O) groups is 1. The summed E-state index contributed by atoms with van der Waals surface area (Å²) in [6.07, 6.45) is -0.334. The molecule has 0 heterocycles. The maximum Gasteiger partial charge on any atom is 1.00 e. The third-order valence-electron chi connectivity index (χ3n) is 1.04. The largest absolute Gasteiger partial charge is 1.00 e. The monoisotopic (exact) mass is 183 g/mol. The van der Waals surface area contributed by atoms with E-state index in [1.54, 1.807) is 0 Å². The van der Waals surface area contributed by atoms with Crippen molar-refractivity contribution < 1.29 is 44.2 Å². The summed E-state index contributed by atoms with van der Waals surface area (Å²) in [5, 5.41) is 12.0. The molecule has 0 radical (unpaired) electrons. The Balaban J connectivity index is 0. The van der Waals surface area contributed by atoms with Gasteiger partial charge in [-0.2, -0.15) is 0 Å². The standard InChI is InChI=1S/C7H15NO3.Na/c1-6(2)11-5-3-4-8-7(9)10;/h6,8H,3-5H2,1-2H3,(H,9,10);/q;+1/p-1. The third kappa shape index (κ3) is 12.9. The molecule has 1 N–H and O–H groups in total. The Morgan fingerprint density at radius 1 is 1.58 bits per heavy atom. The Kier molecular flexibility index (Phi) is 11.4. The van der Waals surface area contributed by atoms with E-state index >= 15 is 0 Å². The molecule has 0 unspecified atom stereocenters. The van der Waals surface area contributed by atoms with Crippen LogP contribution >= 0.6 is 0 Å². The molecule has 0 rings (SSSR count). The zero-order valence-corrected chi connectivity index (χ0v) is 9.92. The smallest absolute Gasteiger partial charge is 0.530 e. The van der Waals surface area contributed by atoms with Gasteiger partial charge in [0.2, 0.25) is 0 Å². The molecule has 0 aliphatic carbocycles. The second-order valence-corrected chi connectivity index (χ2v) is 2.49. The molecule has 0 saturated heterocycles. The van der Waals surface area contributed by atoms with Crippen molar-refractivity contribution in [1.82, 2.24) is 5.32 Å². The number of amides is 1. The number of carbonyl (C=O) groups excluding carboxylic acids is 1. The molecule has 0 bridgehead atoms. The van der Waals surface area contributed by atoms with Gasteiger partial charge in [0.1, 0.15) is 6.09 Å². The second kappa shape index (κ2) is 9.32. The minimum absolute atomic E-state index is 0. The van der Waals surface area contributed by atoms with E-state index in [1.807, 2.05) is 13.8 Å². The van der Waals surface area contributed by atoms with E-state index < -0.39 is 6.09 Å². The van der Waals surface area contributed by atoms with E-state index in [-0.39, 0.29) is 35.7 Å². The zero-order valence-electron chi connectivity index (χ0n) is 7.92. The van der Waals surface area contributed by atoms with Crippen LogP contribution in [-0.2, 0) is 4.74 Å². The van der Waals surface area contributed by atoms with Gasteiger partial charge in [-0.05, 0) is 20.3 Å². The predicted octanol–water partition coefficient (Wildman–Crippen LogP) is -3.26. The van der Waals surface area contributed by atoms with Gasteiger partial charge in [0.25, 0.3) is 0 Å². The van der Waals surface area contributed by atoms with E-state index in [2.05, 4.69) is 5.32 Å². The van der Waals surface area contributed by atoms with Crippen molar-refractivity contribution in [2.75, 3.05) is 13.2 Å². The topological polar surface area (TPSA) is 61.4 Å². The quantitative estimate of drug-likeness (QED) is 0.359. The molecule has 0 spiro atoms. The van der Waals surface area contributed by atoms with Gasteiger partial charge in [0.05, 0.1) is 6.10 Å². The summed E-state index contributed by atoms with van der Waals surface area (Å²) in [6, 6.07) is 0. The van der Waals surface area contributed by atoms with Crippen molar-refractivity contribution in [3.05, 3.63) is 0 Å². The van der Waals surface area contributed by atoms with Gasteiger partial charge in [0.15, 0.2) is 0 Å². The fourth-order valence-corrected chi connectivity index (χ4v) is 0.582. The van der Waals surface area contributed by atoms with Crippen LogP contribution < -0.4 is 40.0 Å². The molecule has 0 atom stereocenters. The van der Waals surface area contributed by atoms with E-state index in [4.69, 9.17) is 4.74 Å². The Morgan fingerprint density at radius 2 is 2.17 bits per heavy atom. The van der Waals surface area contributed by atoms with Gasteiger partial charge < -0.3 is 20.0 Å². The molecule has 0 saturated carbocycles. The summed E-state index contributed by atoms with van der Waals surface area (Å²) in [6.45, 7) is 4.85. The summed E-state index contributed by atoms with van der Waals surface area (Å²) in [4.78, 5) is 9.83. The average Bonchev–Trinajstić information content (AvgIpc) is 1.85. The predicted molar refractivity (Wildman–Crippen MR) is 39.1 cm³/mol. The van der Waals surface area contributed by atoms with E-state index in [1.165, 1.54) is 0 Å². The molecule has 0 aromatic carbocycles. The van der Waals surface area contributed by atoms with Crippen molar-refractivity contribution in [3.8, 4) is 0 Å². The van der Waals surface area contributed by atoms with Crippen LogP contribution in [0.25, 0.3) is 0 Å². The van der Waals surface area contributed by atoms with Gasteiger partial charge >= 0.3 is 29.6 Å². The number of hydrogen-bond acceptors (Lipinski definition) is 3. The Hall–Kier alpha value is 0.230. The maximum absolute atomic E-state index is 9.83. The minimum Gasteiger partial charge on any atom is -0.530 e. The summed E-state index contributed by atoms with van der Waals surface area (Å²) >= 11 is 0. The number of ether oxygens (including phenoxy) is 1. The van der Waals surface area contributed by atoms with E-state index in [0.29, 0.717) is 19.6 Å². The van der Waals surface area contributed by atoms with Crippen molar-refractivity contribution in [2.45, 2.75) is 26.4 Å². The van der Waals surface area contributed by atoms with Gasteiger partial charge in [-0.1, -0.05) is 0 Å². The number of carboxylic acid groups (broad SMARTS) is 1. The molecule has 5 heteroatoms. The SMILES string of the molecule is CC(C)OCCCNC(=O)[O-].[Na+]. The molecular formula is C7H14NNaO3. The van der Waals surface area contributed by atoms with Crippen LogP contribution in [0.1, 0.15) is 20.3 Å². The zero-order chi connectivity index (χ0) is 8.69. The first-order valence-electron chi connectivity index (χ1n) is 3.69. The first-order chi connectivity index (χ1) is 5.13. The Morgan fingerprint density at radius 3 is 2.58 bits per heavy atom. The average molecular weight is 183 g/mol. The van der Waals surface area contributed by atoms with Crippen LogP contribution in [0.15, 0.2) is 0 Å². The van der Waals surface area contributed by atoms with E-state index in [0.717, 1.165) is 0 Å². The number of nitrogens with one attached hydrogen (secondary N) is 1. The molecule has 1 amide bonds. The molecule has 66 valence electrons. The minimum atomic E-state index is -1.23. The van der Waals surface area contributed by atoms with Crippen molar-refractivity contribution in [1.29, 1.82) is 0 Å². The third-order valence-corrected chi connectivity index (χ3v) is 1.04. The van der Waals surface area contributed by atoms with Gasteiger partial charge in [-0.25, -0.2) is 0 Å². The van der Waals surface area contributed by atoms with E-state index in [9.17, 15) is 9.90 Å². The normalized spacial score (nSPS) is 9.25. The van der Waals surface area contributed by atoms with Crippen LogP contribution in [0.4, 0.5) is 4.79 Å². The fourth-order valence-electron chi connectivity index (χ4n) is 0.582. The summed E-state index contributed by atoms with van der Waals surface area (Å²) in [7, 11) is 0. The summed E-state index contributed by atoms with van der Waals surface area (Å²) < 4.78 is 5.17. The Labute approximate surface area is 95.0 Å². The summed E-state index contributed by atoms with van der Waals surface area (Å²) in [5.41, 5.74) is 0.